The minimum Gasteiger partial charge on any atom is -0.494 e. The lowest BCUT2D eigenvalue weighted by Crippen LogP contribution is -2.61. The molecule has 3 aromatic rings. The number of rotatable bonds is 13. The number of halogens is 1. The van der Waals surface area contributed by atoms with Crippen LogP contribution in [0.1, 0.15) is 54.7 Å². The van der Waals surface area contributed by atoms with Crippen LogP contribution >= 0.6 is 11.6 Å². The Kier molecular flexibility index (Phi) is 10.4. The number of Topliss-reactive ketones (excluding diaryl/α,β-unsaturated/α-hetero) is 1. The second kappa shape index (κ2) is 13.7. The molecule has 0 spiro atoms. The molecule has 3 aromatic carbocycles. The quantitative estimate of drug-likeness (QED) is 0.242. The summed E-state index contributed by atoms with van der Waals surface area (Å²) in [5.74, 6) is -1.11. The maximum Gasteiger partial charge on any atom is 0.194 e. The fraction of sp³-hybridized carbons (Fsp3) is 0.424. The number of hydrogen-bond donors (Lipinski definition) is 3. The van der Waals surface area contributed by atoms with Crippen molar-refractivity contribution in [2.24, 2.45) is 0 Å². The van der Waals surface area contributed by atoms with Gasteiger partial charge in [0.2, 0.25) is 0 Å². The van der Waals surface area contributed by atoms with Crippen molar-refractivity contribution in [1.29, 1.82) is 0 Å². The molecule has 0 aliphatic carbocycles. The van der Waals surface area contributed by atoms with Crippen molar-refractivity contribution in [3.8, 4) is 5.75 Å². The lowest BCUT2D eigenvalue weighted by Gasteiger charge is -2.39. The van der Waals surface area contributed by atoms with Gasteiger partial charge in [0, 0.05) is 10.6 Å². The maximum absolute atomic E-state index is 13.4. The second-order valence-corrected chi connectivity index (χ2v) is 11.4. The van der Waals surface area contributed by atoms with Crippen LogP contribution in [0.5, 0.6) is 5.75 Å². The molecule has 1 heterocycles. The highest BCUT2D eigenvalue weighted by atomic mass is 35.5. The van der Waals surface area contributed by atoms with Crippen molar-refractivity contribution in [2.45, 2.75) is 76.5 Å². The highest BCUT2D eigenvalue weighted by molar-refractivity contribution is 6.31. The van der Waals surface area contributed by atoms with Gasteiger partial charge in [-0.3, -0.25) is 4.79 Å². The van der Waals surface area contributed by atoms with E-state index in [9.17, 15) is 20.1 Å². The first-order chi connectivity index (χ1) is 20.0. The Morgan fingerprint density at radius 3 is 2.31 bits per heavy atom. The number of carbonyl (C=O) groups excluding carboxylic acids is 1. The molecule has 8 nitrogen and oxygen atoms in total. The lowest BCUT2D eigenvalue weighted by molar-refractivity contribution is -0.221. The molecule has 226 valence electrons. The van der Waals surface area contributed by atoms with Crippen molar-refractivity contribution >= 4 is 17.4 Å². The number of hydrogen-bond acceptors (Lipinski definition) is 8. The van der Waals surface area contributed by atoms with Crippen LogP contribution < -0.4 is 4.74 Å². The van der Waals surface area contributed by atoms with Gasteiger partial charge in [-0.05, 0) is 81.1 Å². The van der Waals surface area contributed by atoms with Gasteiger partial charge in [-0.2, -0.15) is 0 Å². The normalized spacial score (nSPS) is 22.0. The first-order valence-electron chi connectivity index (χ1n) is 14.0. The van der Waals surface area contributed by atoms with Crippen LogP contribution in [0.2, 0.25) is 5.02 Å². The van der Waals surface area contributed by atoms with Gasteiger partial charge in [0.05, 0.1) is 25.9 Å². The predicted molar refractivity (Wildman–Crippen MR) is 159 cm³/mol. The third-order valence-electron chi connectivity index (χ3n) is 7.40. The van der Waals surface area contributed by atoms with Gasteiger partial charge in [0.15, 0.2) is 11.6 Å². The predicted octanol–water partition coefficient (Wildman–Crippen LogP) is 4.72. The van der Waals surface area contributed by atoms with Crippen LogP contribution in [0.3, 0.4) is 0 Å². The molecular formula is C33H39ClO8. The SMILES string of the molecule is CCOc1ccc(Cc2cc(C(=O)[C@H](O)[C@@H](O)[C@H](O)[C@]3(COCc4ccccc4)OC(C)(C)O[C@@H]3C)ccc2Cl)cc1. The highest BCUT2D eigenvalue weighted by Gasteiger charge is 2.58. The summed E-state index contributed by atoms with van der Waals surface area (Å²) in [5.41, 5.74) is 1.12. The minimum atomic E-state index is -1.95. The molecule has 1 fully saturated rings. The van der Waals surface area contributed by atoms with Crippen LogP contribution in [0.15, 0.2) is 72.8 Å². The Bertz CT molecular complexity index is 1330. The zero-order chi connectivity index (χ0) is 30.5. The molecule has 0 unspecified atom stereocenters. The summed E-state index contributed by atoms with van der Waals surface area (Å²) in [4.78, 5) is 13.4. The first kappa shape index (κ1) is 32.1. The molecule has 0 radical (unpaired) electrons. The van der Waals surface area contributed by atoms with E-state index in [0.717, 1.165) is 16.9 Å². The summed E-state index contributed by atoms with van der Waals surface area (Å²) < 4.78 is 23.4. The largest absolute Gasteiger partial charge is 0.494 e. The molecule has 1 saturated heterocycles. The molecule has 9 heteroatoms. The molecular weight excluding hydrogens is 560 g/mol. The van der Waals surface area contributed by atoms with Gasteiger partial charge < -0.3 is 34.3 Å². The molecule has 42 heavy (non-hydrogen) atoms. The Labute approximate surface area is 251 Å². The van der Waals surface area contributed by atoms with Gasteiger partial charge in [-0.25, -0.2) is 0 Å². The number of carbonyl (C=O) groups is 1. The highest BCUT2D eigenvalue weighted by Crippen LogP contribution is 2.41. The number of aliphatic hydroxyl groups excluding tert-OH is 3. The van der Waals surface area contributed by atoms with Crippen LogP contribution in [0.4, 0.5) is 0 Å². The lowest BCUT2D eigenvalue weighted by atomic mass is 9.84. The zero-order valence-electron chi connectivity index (χ0n) is 24.3. The molecule has 0 aromatic heterocycles. The van der Waals surface area contributed by atoms with Gasteiger partial charge >= 0.3 is 0 Å². The Hall–Kier alpha value is -2.82. The summed E-state index contributed by atoms with van der Waals surface area (Å²) in [5, 5.41) is 34.0. The standard InChI is InChI=1S/C33H39ClO8/c1-5-40-26-14-11-22(12-15-26)17-25-18-24(13-16-27(25)34)28(35)29(36)30(37)31(38)33(21(2)41-32(3,4)42-33)20-39-19-23-9-7-6-8-10-23/h6-16,18,21,29-31,36-38H,5,17,19-20H2,1-4H3/t21-,29+,30-,31+,33-/m1/s1. The van der Waals surface area contributed by atoms with E-state index in [4.69, 9.17) is 30.5 Å². The van der Waals surface area contributed by atoms with Crippen molar-refractivity contribution in [1.82, 2.24) is 0 Å². The van der Waals surface area contributed by atoms with E-state index in [-0.39, 0.29) is 18.8 Å². The average molecular weight is 599 g/mol. The molecule has 5 atom stereocenters. The van der Waals surface area contributed by atoms with Gasteiger partial charge in [-0.15, -0.1) is 0 Å². The number of ether oxygens (including phenoxy) is 4. The molecule has 1 aliphatic rings. The maximum atomic E-state index is 13.4. The van der Waals surface area contributed by atoms with Crippen LogP contribution in [-0.2, 0) is 27.2 Å². The Morgan fingerprint density at radius 1 is 1.00 bits per heavy atom. The van der Waals surface area contributed by atoms with Crippen LogP contribution in [0.25, 0.3) is 0 Å². The van der Waals surface area contributed by atoms with Crippen molar-refractivity contribution in [3.05, 3.63) is 100 Å². The van der Waals surface area contributed by atoms with Crippen LogP contribution in [-0.4, -0.2) is 70.1 Å². The van der Waals surface area contributed by atoms with Crippen LogP contribution in [0, 0.1) is 0 Å². The van der Waals surface area contributed by atoms with E-state index in [1.807, 2.05) is 61.5 Å². The summed E-state index contributed by atoms with van der Waals surface area (Å²) in [7, 11) is 0. The molecule has 0 amide bonds. The summed E-state index contributed by atoms with van der Waals surface area (Å²) in [6.07, 6.45) is -5.87. The van der Waals surface area contributed by atoms with E-state index in [1.54, 1.807) is 32.9 Å². The third-order valence-corrected chi connectivity index (χ3v) is 7.77. The third kappa shape index (κ3) is 7.38. The molecule has 3 N–H and O–H groups in total. The smallest absolute Gasteiger partial charge is 0.194 e. The summed E-state index contributed by atoms with van der Waals surface area (Å²) >= 11 is 6.43. The van der Waals surface area contributed by atoms with E-state index in [1.165, 1.54) is 6.07 Å². The van der Waals surface area contributed by atoms with E-state index in [0.29, 0.717) is 23.6 Å². The minimum absolute atomic E-state index is 0.144. The summed E-state index contributed by atoms with van der Waals surface area (Å²) in [6.45, 7) is 7.61. The van der Waals surface area contributed by atoms with Crippen molar-refractivity contribution in [2.75, 3.05) is 13.2 Å². The Balaban J connectivity index is 1.50. The van der Waals surface area contributed by atoms with Gasteiger partial charge in [0.25, 0.3) is 0 Å². The second-order valence-electron chi connectivity index (χ2n) is 11.0. The average Bonchev–Trinajstić information content (AvgIpc) is 3.22. The first-order valence-corrected chi connectivity index (χ1v) is 14.4. The van der Waals surface area contributed by atoms with E-state index in [2.05, 4.69) is 0 Å². The number of aliphatic hydroxyl groups is 3. The van der Waals surface area contributed by atoms with Gasteiger partial charge in [0.1, 0.15) is 29.7 Å². The zero-order valence-corrected chi connectivity index (χ0v) is 25.1. The number of benzene rings is 3. The fourth-order valence-electron chi connectivity index (χ4n) is 5.27. The molecule has 0 bridgehead atoms. The van der Waals surface area contributed by atoms with Crippen molar-refractivity contribution < 1.29 is 39.1 Å². The van der Waals surface area contributed by atoms with E-state index < -0.39 is 41.6 Å². The topological polar surface area (TPSA) is 115 Å². The fourth-order valence-corrected chi connectivity index (χ4v) is 5.45. The monoisotopic (exact) mass is 598 g/mol. The molecule has 4 rings (SSSR count). The van der Waals surface area contributed by atoms with Gasteiger partial charge in [-0.1, -0.05) is 54.1 Å². The van der Waals surface area contributed by atoms with Crippen molar-refractivity contribution in [3.63, 3.8) is 0 Å². The molecule has 0 saturated carbocycles. The number of ketones is 1. The summed E-state index contributed by atoms with van der Waals surface area (Å²) in [6, 6.07) is 21.7. The molecule has 1 aliphatic heterocycles. The Morgan fingerprint density at radius 2 is 1.69 bits per heavy atom. The van der Waals surface area contributed by atoms with E-state index >= 15 is 0 Å².